The Kier molecular flexibility index (Phi) is 3.75. The van der Waals surface area contributed by atoms with E-state index in [2.05, 4.69) is 0 Å². The molecule has 0 saturated heterocycles. The van der Waals surface area contributed by atoms with Gasteiger partial charge in [0.05, 0.1) is 5.02 Å². The van der Waals surface area contributed by atoms with E-state index in [4.69, 9.17) is 17.3 Å². The fraction of sp³-hybridized carbons (Fsp3) is 0.333. The predicted molar refractivity (Wildman–Crippen MR) is 49.1 cm³/mol. The Morgan fingerprint density at radius 2 is 1.81 bits per heavy atom. The molecule has 16 heavy (non-hydrogen) atoms. The molecule has 0 aliphatic rings. The van der Waals surface area contributed by atoms with Crippen LogP contribution in [0.1, 0.15) is 5.56 Å². The summed E-state index contributed by atoms with van der Waals surface area (Å²) >= 11 is 5.32. The van der Waals surface area contributed by atoms with E-state index in [1.54, 1.807) is 0 Å². The molecule has 0 aliphatic carbocycles. The highest BCUT2D eigenvalue weighted by atomic mass is 35.5. The number of nitrogens with two attached hydrogens (primary N) is 1. The Labute approximate surface area is 93.0 Å². The number of benzene rings is 1. The topological polar surface area (TPSA) is 26.0 Å². The first-order valence-corrected chi connectivity index (χ1v) is 4.56. The van der Waals surface area contributed by atoms with Crippen LogP contribution >= 0.6 is 11.6 Å². The Morgan fingerprint density at radius 1 is 1.25 bits per heavy atom. The SMILES string of the molecule is NC(Cc1c(F)ccc(Cl)c1F)C(F)(F)F. The normalized spacial score (nSPS) is 13.9. The maximum absolute atomic E-state index is 13.2. The third-order valence-corrected chi connectivity index (χ3v) is 2.28. The zero-order chi connectivity index (χ0) is 12.5. The minimum atomic E-state index is -4.71. The lowest BCUT2D eigenvalue weighted by Gasteiger charge is -2.16. The summed E-state index contributed by atoms with van der Waals surface area (Å²) in [6.45, 7) is 0. The average molecular weight is 260 g/mol. The number of halogens is 6. The van der Waals surface area contributed by atoms with Crippen molar-refractivity contribution in [1.29, 1.82) is 0 Å². The Hall–Kier alpha value is -0.880. The van der Waals surface area contributed by atoms with E-state index >= 15 is 0 Å². The van der Waals surface area contributed by atoms with Gasteiger partial charge < -0.3 is 5.73 Å². The predicted octanol–water partition coefficient (Wildman–Crippen LogP) is 3.05. The molecule has 1 aromatic rings. The number of hydrogen-bond donors (Lipinski definition) is 1. The van der Waals surface area contributed by atoms with Crippen molar-refractivity contribution in [2.45, 2.75) is 18.6 Å². The van der Waals surface area contributed by atoms with Crippen LogP contribution in [0.2, 0.25) is 5.02 Å². The van der Waals surface area contributed by atoms with Crippen LogP contribution in [0.5, 0.6) is 0 Å². The molecule has 1 atom stereocenters. The minimum Gasteiger partial charge on any atom is -0.320 e. The quantitative estimate of drug-likeness (QED) is 0.641. The van der Waals surface area contributed by atoms with Gasteiger partial charge in [-0.25, -0.2) is 8.78 Å². The van der Waals surface area contributed by atoms with Crippen LogP contribution in [-0.2, 0) is 6.42 Å². The summed E-state index contributed by atoms with van der Waals surface area (Å²) in [6, 6.07) is -0.603. The average Bonchev–Trinajstić information content (AvgIpc) is 2.17. The second kappa shape index (κ2) is 4.55. The van der Waals surface area contributed by atoms with Crippen LogP contribution in [0.3, 0.4) is 0 Å². The Morgan fingerprint density at radius 3 is 2.31 bits per heavy atom. The van der Waals surface area contributed by atoms with Gasteiger partial charge in [0, 0.05) is 12.0 Å². The summed E-state index contributed by atoms with van der Waals surface area (Å²) in [7, 11) is 0. The zero-order valence-corrected chi connectivity index (χ0v) is 8.54. The van der Waals surface area contributed by atoms with Crippen molar-refractivity contribution in [2.24, 2.45) is 5.73 Å². The molecule has 1 rings (SSSR count). The van der Waals surface area contributed by atoms with Gasteiger partial charge in [-0.3, -0.25) is 0 Å². The summed E-state index contributed by atoms with van der Waals surface area (Å²) in [5.41, 5.74) is 4.02. The lowest BCUT2D eigenvalue weighted by atomic mass is 10.1. The van der Waals surface area contributed by atoms with Crippen molar-refractivity contribution in [1.82, 2.24) is 0 Å². The first kappa shape index (κ1) is 13.2. The van der Waals surface area contributed by atoms with Gasteiger partial charge in [0.1, 0.15) is 17.7 Å². The molecular weight excluding hydrogens is 253 g/mol. The van der Waals surface area contributed by atoms with Gasteiger partial charge in [0.15, 0.2) is 0 Å². The van der Waals surface area contributed by atoms with E-state index in [0.717, 1.165) is 12.1 Å². The number of rotatable bonds is 2. The van der Waals surface area contributed by atoms with Crippen molar-refractivity contribution in [2.75, 3.05) is 0 Å². The van der Waals surface area contributed by atoms with Crippen LogP contribution < -0.4 is 5.73 Å². The summed E-state index contributed by atoms with van der Waals surface area (Å²) in [4.78, 5) is 0. The van der Waals surface area contributed by atoms with Gasteiger partial charge in [-0.2, -0.15) is 13.2 Å². The molecule has 0 bridgehead atoms. The molecule has 0 aliphatic heterocycles. The van der Waals surface area contributed by atoms with Gasteiger partial charge in [0.2, 0.25) is 0 Å². The number of hydrogen-bond acceptors (Lipinski definition) is 1. The molecule has 2 N–H and O–H groups in total. The molecule has 0 heterocycles. The highest BCUT2D eigenvalue weighted by Crippen LogP contribution is 2.26. The molecule has 0 radical (unpaired) electrons. The van der Waals surface area contributed by atoms with Crippen molar-refractivity contribution >= 4 is 11.6 Å². The van der Waals surface area contributed by atoms with Crippen LogP contribution in [0.4, 0.5) is 22.0 Å². The zero-order valence-electron chi connectivity index (χ0n) is 7.78. The second-order valence-electron chi connectivity index (χ2n) is 3.17. The molecule has 1 aromatic carbocycles. The first-order chi connectivity index (χ1) is 7.23. The van der Waals surface area contributed by atoms with E-state index in [1.807, 2.05) is 0 Å². The fourth-order valence-electron chi connectivity index (χ4n) is 1.09. The van der Waals surface area contributed by atoms with Crippen molar-refractivity contribution in [3.8, 4) is 0 Å². The molecule has 0 saturated carbocycles. The van der Waals surface area contributed by atoms with Crippen LogP contribution in [0.15, 0.2) is 12.1 Å². The largest absolute Gasteiger partial charge is 0.403 e. The standard InChI is InChI=1S/C9H7ClF5N/c10-5-1-2-6(11)4(8(5)12)3-7(16)9(13,14)15/h1-2,7H,3,16H2. The minimum absolute atomic E-state index is 0.439. The molecule has 1 unspecified atom stereocenters. The molecule has 0 aromatic heterocycles. The van der Waals surface area contributed by atoms with Crippen LogP contribution in [-0.4, -0.2) is 12.2 Å². The maximum Gasteiger partial charge on any atom is 0.403 e. The van der Waals surface area contributed by atoms with E-state index in [1.165, 1.54) is 0 Å². The third kappa shape index (κ3) is 2.82. The lowest BCUT2D eigenvalue weighted by molar-refractivity contribution is -0.147. The van der Waals surface area contributed by atoms with Crippen LogP contribution in [0.25, 0.3) is 0 Å². The molecule has 90 valence electrons. The molecule has 0 fully saturated rings. The lowest BCUT2D eigenvalue weighted by Crippen LogP contribution is -2.39. The van der Waals surface area contributed by atoms with Gasteiger partial charge >= 0.3 is 6.18 Å². The molecular formula is C9H7ClF5N. The summed E-state index contributed by atoms with van der Waals surface area (Å²) in [6.07, 6.45) is -5.69. The smallest absolute Gasteiger partial charge is 0.320 e. The van der Waals surface area contributed by atoms with Crippen molar-refractivity contribution in [3.63, 3.8) is 0 Å². The van der Waals surface area contributed by atoms with Crippen LogP contribution in [0, 0.1) is 11.6 Å². The Balaban J connectivity index is 3.02. The summed E-state index contributed by atoms with van der Waals surface area (Å²) in [5, 5.41) is -0.439. The maximum atomic E-state index is 13.2. The molecule has 1 nitrogen and oxygen atoms in total. The van der Waals surface area contributed by atoms with E-state index in [9.17, 15) is 22.0 Å². The summed E-state index contributed by atoms with van der Waals surface area (Å²) < 4.78 is 62.6. The first-order valence-electron chi connectivity index (χ1n) is 4.18. The van der Waals surface area contributed by atoms with E-state index in [-0.39, 0.29) is 0 Å². The highest BCUT2D eigenvalue weighted by molar-refractivity contribution is 6.30. The van der Waals surface area contributed by atoms with Gasteiger partial charge in [-0.1, -0.05) is 11.6 Å². The molecule has 0 spiro atoms. The van der Waals surface area contributed by atoms with Gasteiger partial charge in [-0.05, 0) is 12.1 Å². The fourth-order valence-corrected chi connectivity index (χ4v) is 1.27. The van der Waals surface area contributed by atoms with Crippen molar-refractivity contribution < 1.29 is 22.0 Å². The second-order valence-corrected chi connectivity index (χ2v) is 3.58. The highest BCUT2D eigenvalue weighted by Gasteiger charge is 2.37. The Bertz CT molecular complexity index is 390. The van der Waals surface area contributed by atoms with Crippen molar-refractivity contribution in [3.05, 3.63) is 34.4 Å². The van der Waals surface area contributed by atoms with Gasteiger partial charge in [0.25, 0.3) is 0 Å². The summed E-state index contributed by atoms with van der Waals surface area (Å²) in [5.74, 6) is -2.30. The monoisotopic (exact) mass is 259 g/mol. The molecule has 7 heteroatoms. The van der Waals surface area contributed by atoms with E-state index < -0.39 is 40.9 Å². The van der Waals surface area contributed by atoms with E-state index in [0.29, 0.717) is 0 Å². The molecule has 0 amide bonds. The third-order valence-electron chi connectivity index (χ3n) is 1.98. The van der Waals surface area contributed by atoms with Gasteiger partial charge in [-0.15, -0.1) is 0 Å². The number of alkyl halides is 3.